The summed E-state index contributed by atoms with van der Waals surface area (Å²) in [6.07, 6.45) is 0.490. The summed E-state index contributed by atoms with van der Waals surface area (Å²) in [5.41, 5.74) is 6.38. The average Bonchev–Trinajstić information content (AvgIpc) is 2.43. The molecule has 0 aliphatic heterocycles. The number of esters is 1. The summed E-state index contributed by atoms with van der Waals surface area (Å²) in [6, 6.07) is 8.55. The number of rotatable bonds is 5. The van der Waals surface area contributed by atoms with Crippen LogP contribution in [0.1, 0.15) is 12.8 Å². The third-order valence-electron chi connectivity index (χ3n) is 2.69. The number of para-hydroxylation sites is 1. The summed E-state index contributed by atoms with van der Waals surface area (Å²) >= 11 is 0. The Hall–Kier alpha value is -1.59. The van der Waals surface area contributed by atoms with Crippen molar-refractivity contribution in [2.24, 2.45) is 5.73 Å². The first-order chi connectivity index (χ1) is 8.56. The number of amides is 1. The zero-order chi connectivity index (χ0) is 13.5. The molecule has 0 fully saturated rings. The molecule has 0 radical (unpaired) electrons. The van der Waals surface area contributed by atoms with Crippen molar-refractivity contribution in [1.29, 1.82) is 0 Å². The summed E-state index contributed by atoms with van der Waals surface area (Å²) < 4.78 is 4.50. The lowest BCUT2D eigenvalue weighted by atomic mass is 10.1. The second-order valence-corrected chi connectivity index (χ2v) is 3.96. The maximum Gasteiger partial charge on any atom is 0.322 e. The standard InChI is InChI=1S/C13H18N2O3.ClH/c1-15(10-6-4-3-5-7-10)12(16)9-8-11(14)13(17)18-2;/h3-7,11H,8-9,14H2,1-2H3;1H/t11-;/m0./s1. The molecule has 1 atom stereocenters. The van der Waals surface area contributed by atoms with Crippen molar-refractivity contribution in [2.75, 3.05) is 19.1 Å². The average molecular weight is 287 g/mol. The number of carbonyl (C=O) groups is 2. The fraction of sp³-hybridized carbons (Fsp3) is 0.385. The Labute approximate surface area is 119 Å². The normalized spacial score (nSPS) is 11.1. The van der Waals surface area contributed by atoms with Gasteiger partial charge in [0.25, 0.3) is 0 Å². The van der Waals surface area contributed by atoms with Gasteiger partial charge in [0.2, 0.25) is 5.91 Å². The molecule has 0 aromatic heterocycles. The smallest absolute Gasteiger partial charge is 0.322 e. The van der Waals surface area contributed by atoms with Crippen LogP contribution in [-0.4, -0.2) is 32.1 Å². The van der Waals surface area contributed by atoms with Gasteiger partial charge in [0.15, 0.2) is 0 Å². The molecular formula is C13H19ClN2O3. The van der Waals surface area contributed by atoms with Gasteiger partial charge in [-0.15, -0.1) is 12.4 Å². The van der Waals surface area contributed by atoms with Gasteiger partial charge in [0.05, 0.1) is 7.11 Å². The second kappa shape index (κ2) is 8.50. The van der Waals surface area contributed by atoms with E-state index in [1.807, 2.05) is 30.3 Å². The highest BCUT2D eigenvalue weighted by Crippen LogP contribution is 2.13. The summed E-state index contributed by atoms with van der Waals surface area (Å²) in [5, 5.41) is 0. The lowest BCUT2D eigenvalue weighted by Gasteiger charge is -2.18. The van der Waals surface area contributed by atoms with E-state index in [2.05, 4.69) is 4.74 Å². The summed E-state index contributed by atoms with van der Waals surface area (Å²) in [7, 11) is 2.97. The fourth-order valence-electron chi connectivity index (χ4n) is 1.51. The number of anilines is 1. The Morgan fingerprint density at radius 2 is 1.89 bits per heavy atom. The molecule has 5 nitrogen and oxygen atoms in total. The van der Waals surface area contributed by atoms with Gasteiger partial charge in [-0.3, -0.25) is 9.59 Å². The van der Waals surface area contributed by atoms with Gasteiger partial charge in [0, 0.05) is 19.2 Å². The number of benzene rings is 1. The lowest BCUT2D eigenvalue weighted by Crippen LogP contribution is -2.34. The van der Waals surface area contributed by atoms with Crippen LogP contribution < -0.4 is 10.6 Å². The summed E-state index contributed by atoms with van der Waals surface area (Å²) in [4.78, 5) is 24.5. The molecule has 0 aliphatic carbocycles. The first-order valence-corrected chi connectivity index (χ1v) is 5.71. The Morgan fingerprint density at radius 3 is 2.42 bits per heavy atom. The van der Waals surface area contributed by atoms with Crippen molar-refractivity contribution in [2.45, 2.75) is 18.9 Å². The minimum atomic E-state index is -0.747. The molecule has 19 heavy (non-hydrogen) atoms. The number of methoxy groups -OCH3 is 1. The monoisotopic (exact) mass is 286 g/mol. The van der Waals surface area contributed by atoms with Gasteiger partial charge >= 0.3 is 5.97 Å². The third-order valence-corrected chi connectivity index (χ3v) is 2.69. The van der Waals surface area contributed by atoms with Gasteiger partial charge in [-0.2, -0.15) is 0 Å². The van der Waals surface area contributed by atoms with Gasteiger partial charge in [0.1, 0.15) is 6.04 Å². The topological polar surface area (TPSA) is 72.6 Å². The molecule has 1 aromatic rings. The van der Waals surface area contributed by atoms with Crippen LogP contribution in [0.2, 0.25) is 0 Å². The van der Waals surface area contributed by atoms with Crippen LogP contribution in [-0.2, 0) is 14.3 Å². The van der Waals surface area contributed by atoms with Crippen molar-refractivity contribution >= 4 is 30.0 Å². The molecule has 6 heteroatoms. The largest absolute Gasteiger partial charge is 0.468 e. The molecule has 0 bridgehead atoms. The van der Waals surface area contributed by atoms with E-state index in [1.54, 1.807) is 11.9 Å². The SMILES string of the molecule is COC(=O)[C@@H](N)CCC(=O)N(C)c1ccccc1.Cl. The van der Waals surface area contributed by atoms with Crippen molar-refractivity contribution in [3.05, 3.63) is 30.3 Å². The minimum absolute atomic E-state index is 0. The van der Waals surface area contributed by atoms with Crippen LogP contribution in [0.15, 0.2) is 30.3 Å². The number of hydrogen-bond donors (Lipinski definition) is 1. The molecule has 0 saturated heterocycles. The number of nitrogens with two attached hydrogens (primary N) is 1. The lowest BCUT2D eigenvalue weighted by molar-refractivity contribution is -0.142. The number of nitrogens with zero attached hydrogens (tertiary/aromatic N) is 1. The van der Waals surface area contributed by atoms with Crippen LogP contribution >= 0.6 is 12.4 Å². The van der Waals surface area contributed by atoms with Crippen molar-refractivity contribution in [3.8, 4) is 0 Å². The first-order valence-electron chi connectivity index (χ1n) is 5.71. The maximum absolute atomic E-state index is 11.9. The predicted octanol–water partition coefficient (Wildman–Crippen LogP) is 1.35. The molecular weight excluding hydrogens is 268 g/mol. The Kier molecular flexibility index (Phi) is 7.79. The van der Waals surface area contributed by atoms with Crippen LogP contribution in [0.5, 0.6) is 0 Å². The van der Waals surface area contributed by atoms with Crippen molar-refractivity contribution in [1.82, 2.24) is 0 Å². The van der Waals surface area contributed by atoms with E-state index in [4.69, 9.17) is 5.73 Å². The second-order valence-electron chi connectivity index (χ2n) is 3.96. The van der Waals surface area contributed by atoms with Crippen LogP contribution in [0.4, 0.5) is 5.69 Å². The van der Waals surface area contributed by atoms with Crippen LogP contribution in [0.25, 0.3) is 0 Å². The number of halogens is 1. The molecule has 0 aliphatic rings. The fourth-order valence-corrected chi connectivity index (χ4v) is 1.51. The molecule has 1 amide bonds. The molecule has 106 valence electrons. The van der Waals surface area contributed by atoms with E-state index in [0.717, 1.165) is 5.69 Å². The van der Waals surface area contributed by atoms with Gasteiger partial charge in [-0.1, -0.05) is 18.2 Å². The van der Waals surface area contributed by atoms with Gasteiger partial charge < -0.3 is 15.4 Å². The zero-order valence-electron chi connectivity index (χ0n) is 11.0. The number of hydrogen-bond acceptors (Lipinski definition) is 4. The Morgan fingerprint density at radius 1 is 1.32 bits per heavy atom. The highest BCUT2D eigenvalue weighted by molar-refractivity contribution is 5.93. The van der Waals surface area contributed by atoms with Gasteiger partial charge in [-0.25, -0.2) is 0 Å². The van der Waals surface area contributed by atoms with Crippen LogP contribution in [0, 0.1) is 0 Å². The Bertz CT molecular complexity index is 412. The molecule has 0 saturated carbocycles. The van der Waals surface area contributed by atoms with E-state index in [0.29, 0.717) is 0 Å². The van der Waals surface area contributed by atoms with E-state index in [1.165, 1.54) is 7.11 Å². The predicted molar refractivity (Wildman–Crippen MR) is 76.3 cm³/mol. The zero-order valence-corrected chi connectivity index (χ0v) is 11.9. The van der Waals surface area contributed by atoms with E-state index in [-0.39, 0.29) is 31.2 Å². The van der Waals surface area contributed by atoms with Crippen molar-refractivity contribution < 1.29 is 14.3 Å². The molecule has 1 aromatic carbocycles. The molecule has 0 spiro atoms. The minimum Gasteiger partial charge on any atom is -0.468 e. The molecule has 1 rings (SSSR count). The summed E-state index contributed by atoms with van der Waals surface area (Å²) in [5.74, 6) is -0.578. The van der Waals surface area contributed by atoms with E-state index >= 15 is 0 Å². The van der Waals surface area contributed by atoms with E-state index in [9.17, 15) is 9.59 Å². The molecule has 2 N–H and O–H groups in total. The van der Waals surface area contributed by atoms with Gasteiger partial charge in [-0.05, 0) is 18.6 Å². The third kappa shape index (κ3) is 5.28. The molecule has 0 unspecified atom stereocenters. The Balaban J connectivity index is 0.00000324. The van der Waals surface area contributed by atoms with Crippen molar-refractivity contribution in [3.63, 3.8) is 0 Å². The van der Waals surface area contributed by atoms with Crippen LogP contribution in [0.3, 0.4) is 0 Å². The number of carbonyl (C=O) groups excluding carboxylic acids is 2. The highest BCUT2D eigenvalue weighted by atomic mass is 35.5. The maximum atomic E-state index is 11.9. The summed E-state index contributed by atoms with van der Waals surface area (Å²) in [6.45, 7) is 0. The quantitative estimate of drug-likeness (QED) is 0.830. The first kappa shape index (κ1) is 17.4. The molecule has 0 heterocycles. The van der Waals surface area contributed by atoms with E-state index < -0.39 is 12.0 Å². The highest BCUT2D eigenvalue weighted by Gasteiger charge is 2.17. The number of ether oxygens (including phenoxy) is 1.